The van der Waals surface area contributed by atoms with Gasteiger partial charge in [0.25, 0.3) is 0 Å². The summed E-state index contributed by atoms with van der Waals surface area (Å²) in [5, 5.41) is 3.09. The summed E-state index contributed by atoms with van der Waals surface area (Å²) in [4.78, 5) is 8.57. The van der Waals surface area contributed by atoms with Crippen LogP contribution in [0, 0.1) is 0 Å². The van der Waals surface area contributed by atoms with Crippen LogP contribution in [0.1, 0.15) is 26.5 Å². The molecule has 74 valence electrons. The highest BCUT2D eigenvalue weighted by Gasteiger charge is 2.17. The second-order valence-corrected chi connectivity index (χ2v) is 5.07. The fraction of sp³-hybridized carbons (Fsp3) is 0.400. The molecule has 0 aliphatic carbocycles. The Hall–Kier alpha value is -1.16. The summed E-state index contributed by atoms with van der Waals surface area (Å²) in [6, 6.07) is 0. The van der Waals surface area contributed by atoms with E-state index in [4.69, 9.17) is 0 Å². The van der Waals surface area contributed by atoms with Crippen molar-refractivity contribution >= 4 is 11.3 Å². The quantitative estimate of drug-likeness (QED) is 0.719. The van der Waals surface area contributed by atoms with E-state index in [2.05, 4.69) is 36.1 Å². The summed E-state index contributed by atoms with van der Waals surface area (Å²) in [7, 11) is 0. The molecular weight excluding hydrogens is 194 g/mol. The molecule has 0 radical (unpaired) electrons. The zero-order valence-corrected chi connectivity index (χ0v) is 9.38. The zero-order chi connectivity index (χ0) is 10.2. The SMILES string of the molecule is CC(C)(C)c1csc(-n2ccnc2)n1. The minimum atomic E-state index is 0.120. The zero-order valence-electron chi connectivity index (χ0n) is 8.56. The van der Waals surface area contributed by atoms with Crippen molar-refractivity contribution in [3.63, 3.8) is 0 Å². The summed E-state index contributed by atoms with van der Waals surface area (Å²) >= 11 is 1.65. The molecule has 0 fully saturated rings. The summed E-state index contributed by atoms with van der Waals surface area (Å²) in [5.41, 5.74) is 1.25. The average molecular weight is 207 g/mol. The first-order chi connectivity index (χ1) is 6.57. The Morgan fingerprint density at radius 1 is 1.36 bits per heavy atom. The van der Waals surface area contributed by atoms with Gasteiger partial charge in [0.2, 0.25) is 0 Å². The molecule has 0 aliphatic rings. The molecule has 2 heterocycles. The Morgan fingerprint density at radius 2 is 2.14 bits per heavy atom. The second kappa shape index (κ2) is 3.20. The molecule has 0 atom stereocenters. The first-order valence-electron chi connectivity index (χ1n) is 4.52. The fourth-order valence-corrected chi connectivity index (χ4v) is 2.10. The molecule has 3 nitrogen and oxygen atoms in total. The van der Waals surface area contributed by atoms with Crippen LogP contribution in [0.15, 0.2) is 24.1 Å². The Labute approximate surface area is 87.4 Å². The van der Waals surface area contributed by atoms with Gasteiger partial charge in [-0.25, -0.2) is 9.97 Å². The lowest BCUT2D eigenvalue weighted by Gasteiger charge is -2.14. The number of rotatable bonds is 1. The summed E-state index contributed by atoms with van der Waals surface area (Å²) in [6.45, 7) is 6.50. The smallest absolute Gasteiger partial charge is 0.195 e. The minimum absolute atomic E-state index is 0.120. The number of nitrogens with zero attached hydrogens (tertiary/aromatic N) is 3. The largest absolute Gasteiger partial charge is 0.282 e. The van der Waals surface area contributed by atoms with Crippen molar-refractivity contribution in [3.8, 4) is 5.13 Å². The lowest BCUT2D eigenvalue weighted by molar-refractivity contribution is 0.572. The molecule has 0 bridgehead atoms. The maximum absolute atomic E-state index is 4.57. The van der Waals surface area contributed by atoms with Crippen molar-refractivity contribution in [3.05, 3.63) is 29.8 Å². The Morgan fingerprint density at radius 3 is 2.64 bits per heavy atom. The summed E-state index contributed by atoms with van der Waals surface area (Å²) in [6.07, 6.45) is 5.44. The third-order valence-corrected chi connectivity index (χ3v) is 2.84. The maximum Gasteiger partial charge on any atom is 0.195 e. The molecule has 14 heavy (non-hydrogen) atoms. The van der Waals surface area contributed by atoms with Crippen LogP contribution in [-0.2, 0) is 5.41 Å². The van der Waals surface area contributed by atoms with Crippen molar-refractivity contribution in [2.75, 3.05) is 0 Å². The molecule has 0 saturated carbocycles. The molecule has 0 spiro atoms. The molecule has 2 rings (SSSR count). The summed E-state index contributed by atoms with van der Waals surface area (Å²) in [5.74, 6) is 0. The van der Waals surface area contributed by atoms with Crippen molar-refractivity contribution in [1.82, 2.24) is 14.5 Å². The van der Waals surface area contributed by atoms with E-state index in [0.717, 1.165) is 10.8 Å². The van der Waals surface area contributed by atoms with Crippen LogP contribution >= 0.6 is 11.3 Å². The standard InChI is InChI=1S/C10H13N3S/c1-10(2,3)8-6-14-9(12-8)13-5-4-11-7-13/h4-7H,1-3H3. The van der Waals surface area contributed by atoms with E-state index in [1.54, 1.807) is 23.9 Å². The minimum Gasteiger partial charge on any atom is -0.282 e. The van der Waals surface area contributed by atoms with Gasteiger partial charge in [0, 0.05) is 23.2 Å². The van der Waals surface area contributed by atoms with Gasteiger partial charge in [-0.05, 0) is 0 Å². The summed E-state index contributed by atoms with van der Waals surface area (Å²) < 4.78 is 1.93. The monoisotopic (exact) mass is 207 g/mol. The van der Waals surface area contributed by atoms with Gasteiger partial charge < -0.3 is 0 Å². The lowest BCUT2D eigenvalue weighted by Crippen LogP contribution is -2.11. The average Bonchev–Trinajstić information content (AvgIpc) is 2.73. The molecule has 2 aromatic heterocycles. The van der Waals surface area contributed by atoms with Crippen molar-refractivity contribution in [2.45, 2.75) is 26.2 Å². The fourth-order valence-electron chi connectivity index (χ4n) is 1.10. The van der Waals surface area contributed by atoms with Gasteiger partial charge in [-0.15, -0.1) is 11.3 Å². The van der Waals surface area contributed by atoms with Gasteiger partial charge in [0.05, 0.1) is 5.69 Å². The van der Waals surface area contributed by atoms with Crippen LogP contribution in [0.3, 0.4) is 0 Å². The third kappa shape index (κ3) is 1.70. The first-order valence-corrected chi connectivity index (χ1v) is 5.40. The molecule has 2 aromatic rings. The normalized spacial score (nSPS) is 11.9. The molecule has 0 aromatic carbocycles. The molecule has 0 unspecified atom stereocenters. The van der Waals surface area contributed by atoms with Crippen LogP contribution in [0.4, 0.5) is 0 Å². The predicted octanol–water partition coefficient (Wildman–Crippen LogP) is 2.63. The first kappa shape index (κ1) is 9.40. The van der Waals surface area contributed by atoms with Crippen LogP contribution < -0.4 is 0 Å². The number of hydrogen-bond donors (Lipinski definition) is 0. The van der Waals surface area contributed by atoms with Crippen molar-refractivity contribution in [2.24, 2.45) is 0 Å². The highest BCUT2D eigenvalue weighted by Crippen LogP contribution is 2.25. The molecular formula is C10H13N3S. The maximum atomic E-state index is 4.57. The van der Waals surface area contributed by atoms with Crippen LogP contribution in [0.2, 0.25) is 0 Å². The molecule has 4 heteroatoms. The van der Waals surface area contributed by atoms with E-state index in [1.165, 1.54) is 0 Å². The van der Waals surface area contributed by atoms with Gasteiger partial charge in [-0.1, -0.05) is 20.8 Å². The highest BCUT2D eigenvalue weighted by atomic mass is 32.1. The number of thiazole rings is 1. The van der Waals surface area contributed by atoms with Crippen LogP contribution in [0.25, 0.3) is 5.13 Å². The Balaban J connectivity index is 2.36. The topological polar surface area (TPSA) is 30.7 Å². The van der Waals surface area contributed by atoms with E-state index >= 15 is 0 Å². The van der Waals surface area contributed by atoms with Gasteiger partial charge in [-0.2, -0.15) is 0 Å². The van der Waals surface area contributed by atoms with Crippen molar-refractivity contribution < 1.29 is 0 Å². The van der Waals surface area contributed by atoms with E-state index in [9.17, 15) is 0 Å². The molecule has 0 amide bonds. The number of aromatic nitrogens is 3. The van der Waals surface area contributed by atoms with Gasteiger partial charge >= 0.3 is 0 Å². The van der Waals surface area contributed by atoms with Crippen LogP contribution in [-0.4, -0.2) is 14.5 Å². The van der Waals surface area contributed by atoms with Gasteiger partial charge in [0.1, 0.15) is 6.33 Å². The van der Waals surface area contributed by atoms with E-state index in [0.29, 0.717) is 0 Å². The van der Waals surface area contributed by atoms with Gasteiger partial charge in [0.15, 0.2) is 5.13 Å². The molecule has 0 saturated heterocycles. The van der Waals surface area contributed by atoms with E-state index < -0.39 is 0 Å². The highest BCUT2D eigenvalue weighted by molar-refractivity contribution is 7.12. The third-order valence-electron chi connectivity index (χ3n) is 1.99. The van der Waals surface area contributed by atoms with E-state index in [1.807, 2.05) is 10.8 Å². The second-order valence-electron chi connectivity index (χ2n) is 4.24. The van der Waals surface area contributed by atoms with Crippen LogP contribution in [0.5, 0.6) is 0 Å². The Kier molecular flexibility index (Phi) is 2.15. The van der Waals surface area contributed by atoms with Crippen molar-refractivity contribution in [1.29, 1.82) is 0 Å². The predicted molar refractivity (Wildman–Crippen MR) is 57.9 cm³/mol. The lowest BCUT2D eigenvalue weighted by atomic mass is 9.93. The van der Waals surface area contributed by atoms with E-state index in [-0.39, 0.29) is 5.41 Å². The molecule has 0 N–H and O–H groups in total. The molecule has 0 aliphatic heterocycles. The van der Waals surface area contributed by atoms with Gasteiger partial charge in [-0.3, -0.25) is 4.57 Å². The number of hydrogen-bond acceptors (Lipinski definition) is 3. The number of imidazole rings is 1. The Bertz CT molecular complexity index is 409.